The number of hydrogen-bond acceptors (Lipinski definition) is 7. The van der Waals surface area contributed by atoms with Gasteiger partial charge in [-0.3, -0.25) is 19.7 Å². The van der Waals surface area contributed by atoms with Gasteiger partial charge in [-0.2, -0.15) is 5.10 Å². The van der Waals surface area contributed by atoms with Gasteiger partial charge in [0.05, 0.1) is 36.8 Å². The quantitative estimate of drug-likeness (QED) is 0.491. The summed E-state index contributed by atoms with van der Waals surface area (Å²) in [4.78, 5) is 34.6. The van der Waals surface area contributed by atoms with Crippen LogP contribution in [-0.4, -0.2) is 34.3 Å². The van der Waals surface area contributed by atoms with Crippen molar-refractivity contribution in [2.75, 3.05) is 13.7 Å². The van der Waals surface area contributed by atoms with Crippen molar-refractivity contribution >= 4 is 22.6 Å². The largest absolute Gasteiger partial charge is 0.433 e. The Hall–Kier alpha value is -3.53. The first kappa shape index (κ1) is 18.3. The van der Waals surface area contributed by atoms with E-state index in [1.165, 1.54) is 17.9 Å². The fourth-order valence-electron chi connectivity index (χ4n) is 2.56. The van der Waals surface area contributed by atoms with Crippen LogP contribution in [0.5, 0.6) is 0 Å². The van der Waals surface area contributed by atoms with E-state index in [4.69, 9.17) is 9.15 Å². The highest BCUT2D eigenvalue weighted by Crippen LogP contribution is 2.16. The van der Waals surface area contributed by atoms with Gasteiger partial charge in [-0.15, -0.1) is 0 Å². The van der Waals surface area contributed by atoms with E-state index < -0.39 is 16.7 Å². The number of carbonyl (C=O) groups is 1. The maximum atomic E-state index is 12.5. The minimum atomic E-state index is -0.725. The molecule has 0 aliphatic rings. The van der Waals surface area contributed by atoms with Crippen LogP contribution in [0.1, 0.15) is 16.2 Å². The molecule has 0 atom stereocenters. The first-order valence-electron chi connectivity index (χ1n) is 8.01. The summed E-state index contributed by atoms with van der Waals surface area (Å²) in [6.45, 7) is 0.597. The number of nitrogens with one attached hydrogen (secondary N) is 1. The van der Waals surface area contributed by atoms with Crippen molar-refractivity contribution in [2.24, 2.45) is 0 Å². The SMILES string of the molecule is COCCn1nc(CNC(=O)c2ccc([N+](=O)[O-])o2)c2ccccc2c1=O. The van der Waals surface area contributed by atoms with Crippen molar-refractivity contribution in [3.05, 3.63) is 68.3 Å². The van der Waals surface area contributed by atoms with E-state index in [2.05, 4.69) is 10.4 Å². The normalized spacial score (nSPS) is 10.9. The summed E-state index contributed by atoms with van der Waals surface area (Å²) in [5, 5.41) is 18.6. The zero-order chi connectivity index (χ0) is 19.4. The summed E-state index contributed by atoms with van der Waals surface area (Å²) in [5.74, 6) is -1.32. The van der Waals surface area contributed by atoms with Gasteiger partial charge >= 0.3 is 5.88 Å². The number of nitro groups is 1. The number of methoxy groups -OCH3 is 1. The Kier molecular flexibility index (Phi) is 5.27. The van der Waals surface area contributed by atoms with Gasteiger partial charge in [0.2, 0.25) is 0 Å². The molecule has 2 heterocycles. The molecule has 10 nitrogen and oxygen atoms in total. The van der Waals surface area contributed by atoms with Gasteiger partial charge in [0.1, 0.15) is 4.92 Å². The molecule has 2 aromatic heterocycles. The molecule has 27 heavy (non-hydrogen) atoms. The van der Waals surface area contributed by atoms with Gasteiger partial charge in [0.15, 0.2) is 5.76 Å². The standard InChI is InChI=1S/C17H16N4O6/c1-26-9-8-20-17(23)12-5-3-2-4-11(12)13(19-20)10-18-16(22)14-6-7-15(27-14)21(24)25/h2-7H,8-10H2,1H3,(H,18,22). The minimum absolute atomic E-state index is 0.0150. The van der Waals surface area contributed by atoms with Crippen molar-refractivity contribution < 1.29 is 18.9 Å². The number of furan rings is 1. The molecule has 0 bridgehead atoms. The summed E-state index contributed by atoms with van der Waals surface area (Å²) < 4.78 is 11.2. The van der Waals surface area contributed by atoms with E-state index in [0.29, 0.717) is 23.1 Å². The van der Waals surface area contributed by atoms with Gasteiger partial charge < -0.3 is 14.5 Å². The monoisotopic (exact) mass is 372 g/mol. The lowest BCUT2D eigenvalue weighted by atomic mass is 10.1. The molecule has 10 heteroatoms. The Balaban J connectivity index is 1.87. The average molecular weight is 372 g/mol. The molecule has 0 unspecified atom stereocenters. The second-order valence-electron chi connectivity index (χ2n) is 5.59. The third-order valence-electron chi connectivity index (χ3n) is 3.86. The van der Waals surface area contributed by atoms with Crippen molar-refractivity contribution in [1.29, 1.82) is 0 Å². The van der Waals surface area contributed by atoms with Crippen LogP contribution < -0.4 is 10.9 Å². The maximum Gasteiger partial charge on any atom is 0.433 e. The molecule has 140 valence electrons. The second kappa shape index (κ2) is 7.79. The van der Waals surface area contributed by atoms with Crippen LogP contribution in [0.25, 0.3) is 10.8 Å². The number of nitrogens with zero attached hydrogens (tertiary/aromatic N) is 3. The molecule has 0 radical (unpaired) electrons. The molecule has 3 aromatic rings. The lowest BCUT2D eigenvalue weighted by Gasteiger charge is -2.11. The number of hydrogen-bond donors (Lipinski definition) is 1. The van der Waals surface area contributed by atoms with Gasteiger partial charge in [-0.05, 0) is 12.1 Å². The number of amides is 1. The predicted molar refractivity (Wildman–Crippen MR) is 94.4 cm³/mol. The van der Waals surface area contributed by atoms with Crippen LogP contribution in [0.4, 0.5) is 5.88 Å². The molecule has 0 aliphatic heterocycles. The van der Waals surface area contributed by atoms with Crippen LogP contribution in [0.3, 0.4) is 0 Å². The van der Waals surface area contributed by atoms with E-state index >= 15 is 0 Å². The fraction of sp³-hybridized carbons (Fsp3) is 0.235. The Labute approximate surface area is 152 Å². The summed E-state index contributed by atoms with van der Waals surface area (Å²) in [5.41, 5.74) is 0.232. The zero-order valence-electron chi connectivity index (χ0n) is 14.4. The lowest BCUT2D eigenvalue weighted by Crippen LogP contribution is -2.29. The predicted octanol–water partition coefficient (Wildman–Crippen LogP) is 1.47. The smallest absolute Gasteiger partial charge is 0.395 e. The van der Waals surface area contributed by atoms with Crippen LogP contribution in [-0.2, 0) is 17.8 Å². The van der Waals surface area contributed by atoms with Crippen molar-refractivity contribution in [3.63, 3.8) is 0 Å². The summed E-state index contributed by atoms with van der Waals surface area (Å²) in [7, 11) is 1.52. The zero-order valence-corrected chi connectivity index (χ0v) is 14.4. The highest BCUT2D eigenvalue weighted by molar-refractivity contribution is 5.92. The van der Waals surface area contributed by atoms with E-state index in [-0.39, 0.29) is 24.4 Å². The van der Waals surface area contributed by atoms with E-state index in [1.807, 2.05) is 0 Å². The first-order valence-corrected chi connectivity index (χ1v) is 8.01. The highest BCUT2D eigenvalue weighted by Gasteiger charge is 2.18. The van der Waals surface area contributed by atoms with Crippen molar-refractivity contribution in [1.82, 2.24) is 15.1 Å². The molecular weight excluding hydrogens is 356 g/mol. The molecule has 1 aromatic carbocycles. The third-order valence-corrected chi connectivity index (χ3v) is 3.86. The second-order valence-corrected chi connectivity index (χ2v) is 5.59. The Morgan fingerprint density at radius 1 is 1.30 bits per heavy atom. The number of carbonyl (C=O) groups excluding carboxylic acids is 1. The minimum Gasteiger partial charge on any atom is -0.395 e. The molecule has 0 fully saturated rings. The fourth-order valence-corrected chi connectivity index (χ4v) is 2.56. The molecule has 1 amide bonds. The van der Waals surface area contributed by atoms with Gasteiger partial charge in [-0.25, -0.2) is 4.68 Å². The van der Waals surface area contributed by atoms with E-state index in [0.717, 1.165) is 6.07 Å². The third kappa shape index (κ3) is 3.85. The average Bonchev–Trinajstić information content (AvgIpc) is 3.17. The summed E-state index contributed by atoms with van der Waals surface area (Å²) in [6, 6.07) is 9.26. The number of fused-ring (bicyclic) bond motifs is 1. The molecule has 0 spiro atoms. The number of benzene rings is 1. The van der Waals surface area contributed by atoms with Crippen molar-refractivity contribution in [3.8, 4) is 0 Å². The molecule has 0 saturated heterocycles. The molecule has 1 N–H and O–H groups in total. The number of ether oxygens (including phenoxy) is 1. The summed E-state index contributed by atoms with van der Waals surface area (Å²) in [6.07, 6.45) is 0. The molecule has 3 rings (SSSR count). The Morgan fingerprint density at radius 3 is 2.70 bits per heavy atom. The Bertz CT molecular complexity index is 1060. The highest BCUT2D eigenvalue weighted by atomic mass is 16.6. The number of rotatable bonds is 7. The molecule has 0 aliphatic carbocycles. The maximum absolute atomic E-state index is 12.5. The lowest BCUT2D eigenvalue weighted by molar-refractivity contribution is -0.402. The molecular formula is C17H16N4O6. The first-order chi connectivity index (χ1) is 13.0. The van der Waals surface area contributed by atoms with Gasteiger partial charge in [0, 0.05) is 12.5 Å². The van der Waals surface area contributed by atoms with Crippen molar-refractivity contribution in [2.45, 2.75) is 13.1 Å². The van der Waals surface area contributed by atoms with Crippen LogP contribution in [0.2, 0.25) is 0 Å². The van der Waals surface area contributed by atoms with E-state index in [1.54, 1.807) is 24.3 Å². The van der Waals surface area contributed by atoms with Gasteiger partial charge in [0.25, 0.3) is 11.5 Å². The Morgan fingerprint density at radius 2 is 2.04 bits per heavy atom. The van der Waals surface area contributed by atoms with Crippen LogP contribution >= 0.6 is 0 Å². The summed E-state index contributed by atoms with van der Waals surface area (Å²) >= 11 is 0. The topological polar surface area (TPSA) is 130 Å². The van der Waals surface area contributed by atoms with E-state index in [9.17, 15) is 19.7 Å². The number of aromatic nitrogens is 2. The van der Waals surface area contributed by atoms with Gasteiger partial charge in [-0.1, -0.05) is 18.2 Å². The van der Waals surface area contributed by atoms with Crippen LogP contribution in [0.15, 0.2) is 45.6 Å². The van der Waals surface area contributed by atoms with Crippen LogP contribution in [0, 0.1) is 10.1 Å². The molecule has 0 saturated carbocycles.